The van der Waals surface area contributed by atoms with E-state index in [4.69, 9.17) is 10.5 Å². The van der Waals surface area contributed by atoms with E-state index in [9.17, 15) is 14.0 Å². The fraction of sp³-hybridized carbons (Fsp3) is 0.167. The van der Waals surface area contributed by atoms with Crippen molar-refractivity contribution in [3.63, 3.8) is 0 Å². The van der Waals surface area contributed by atoms with Gasteiger partial charge in [0.25, 0.3) is 5.91 Å². The van der Waals surface area contributed by atoms with Gasteiger partial charge < -0.3 is 15.8 Å². The Kier molecular flexibility index (Phi) is 5.84. The van der Waals surface area contributed by atoms with Crippen LogP contribution < -0.4 is 16.4 Å². The summed E-state index contributed by atoms with van der Waals surface area (Å²) in [5, 5.41) is 5.03. The SMILES string of the molecule is Nc1ccccc1NC(=O)c1ccc(NC(=O)OCc2ccc(C3CC3)cc2)cc1F. The molecule has 0 spiro atoms. The molecule has 0 unspecified atom stereocenters. The number of ether oxygens (including phenoxy) is 1. The minimum Gasteiger partial charge on any atom is -0.444 e. The van der Waals surface area contributed by atoms with E-state index < -0.39 is 17.8 Å². The van der Waals surface area contributed by atoms with Gasteiger partial charge in [0.2, 0.25) is 0 Å². The van der Waals surface area contributed by atoms with Crippen molar-refractivity contribution in [2.45, 2.75) is 25.4 Å². The van der Waals surface area contributed by atoms with Crippen LogP contribution in [0.2, 0.25) is 0 Å². The Labute approximate surface area is 179 Å². The second-order valence-corrected chi connectivity index (χ2v) is 7.45. The number of para-hydroxylation sites is 2. The number of halogens is 1. The zero-order chi connectivity index (χ0) is 21.8. The van der Waals surface area contributed by atoms with Gasteiger partial charge in [-0.1, -0.05) is 36.4 Å². The van der Waals surface area contributed by atoms with Crippen molar-refractivity contribution in [1.82, 2.24) is 0 Å². The molecule has 6 nitrogen and oxygen atoms in total. The maximum absolute atomic E-state index is 14.4. The highest BCUT2D eigenvalue weighted by molar-refractivity contribution is 6.06. The number of nitrogens with one attached hydrogen (secondary N) is 2. The van der Waals surface area contributed by atoms with Crippen molar-refractivity contribution in [2.75, 3.05) is 16.4 Å². The topological polar surface area (TPSA) is 93.5 Å². The van der Waals surface area contributed by atoms with Gasteiger partial charge in [0.15, 0.2) is 0 Å². The molecule has 1 aliphatic carbocycles. The number of carbonyl (C=O) groups is 2. The number of amides is 2. The Morgan fingerprint density at radius 1 is 1.00 bits per heavy atom. The lowest BCUT2D eigenvalue weighted by atomic mass is 10.1. The summed E-state index contributed by atoms with van der Waals surface area (Å²) in [6.07, 6.45) is 1.76. The molecule has 0 aromatic heterocycles. The lowest BCUT2D eigenvalue weighted by Crippen LogP contribution is -2.16. The molecule has 4 N–H and O–H groups in total. The summed E-state index contributed by atoms with van der Waals surface area (Å²) in [5.41, 5.74) is 8.75. The molecular formula is C24H22FN3O3. The molecule has 1 fully saturated rings. The summed E-state index contributed by atoms with van der Waals surface area (Å²) < 4.78 is 19.6. The van der Waals surface area contributed by atoms with Crippen molar-refractivity contribution in [3.8, 4) is 0 Å². The fourth-order valence-electron chi connectivity index (χ4n) is 3.18. The van der Waals surface area contributed by atoms with Gasteiger partial charge in [-0.2, -0.15) is 0 Å². The summed E-state index contributed by atoms with van der Waals surface area (Å²) in [6, 6.07) is 18.5. The summed E-state index contributed by atoms with van der Waals surface area (Å²) in [6.45, 7) is 0.109. The molecule has 1 aliphatic rings. The van der Waals surface area contributed by atoms with Gasteiger partial charge in [0.05, 0.1) is 16.9 Å². The number of rotatable bonds is 6. The van der Waals surface area contributed by atoms with Crippen molar-refractivity contribution in [2.24, 2.45) is 0 Å². The Balaban J connectivity index is 1.32. The molecule has 0 radical (unpaired) electrons. The highest BCUT2D eigenvalue weighted by Crippen LogP contribution is 2.39. The van der Waals surface area contributed by atoms with Crippen molar-refractivity contribution in [1.29, 1.82) is 0 Å². The number of nitrogens with two attached hydrogens (primary N) is 1. The Morgan fingerprint density at radius 2 is 1.74 bits per heavy atom. The summed E-state index contributed by atoms with van der Waals surface area (Å²) in [4.78, 5) is 24.4. The number of nitrogen functional groups attached to an aromatic ring is 1. The molecule has 158 valence electrons. The molecule has 1 saturated carbocycles. The average Bonchev–Trinajstić information content (AvgIpc) is 3.60. The number of benzene rings is 3. The molecular weight excluding hydrogens is 397 g/mol. The lowest BCUT2D eigenvalue weighted by Gasteiger charge is -2.10. The van der Waals surface area contributed by atoms with Crippen LogP contribution in [-0.4, -0.2) is 12.0 Å². The fourth-order valence-corrected chi connectivity index (χ4v) is 3.18. The summed E-state index contributed by atoms with van der Waals surface area (Å²) >= 11 is 0. The number of anilines is 3. The largest absolute Gasteiger partial charge is 0.444 e. The minimum atomic E-state index is -0.777. The molecule has 0 atom stereocenters. The lowest BCUT2D eigenvalue weighted by molar-refractivity contribution is 0.102. The van der Waals surface area contributed by atoms with Gasteiger partial charge in [0, 0.05) is 5.69 Å². The van der Waals surface area contributed by atoms with Crippen LogP contribution in [0, 0.1) is 5.82 Å². The normalized spacial score (nSPS) is 12.8. The third-order valence-corrected chi connectivity index (χ3v) is 5.07. The van der Waals surface area contributed by atoms with Gasteiger partial charge >= 0.3 is 6.09 Å². The van der Waals surface area contributed by atoms with E-state index in [0.717, 1.165) is 11.6 Å². The smallest absolute Gasteiger partial charge is 0.411 e. The van der Waals surface area contributed by atoms with Crippen LogP contribution in [0.1, 0.15) is 40.2 Å². The molecule has 3 aromatic carbocycles. The first-order chi connectivity index (χ1) is 15.0. The Morgan fingerprint density at radius 3 is 2.42 bits per heavy atom. The molecule has 0 bridgehead atoms. The predicted octanol–water partition coefficient (Wildman–Crippen LogP) is 5.29. The molecule has 2 amide bonds. The van der Waals surface area contributed by atoms with Gasteiger partial charge in [-0.25, -0.2) is 9.18 Å². The number of hydrogen-bond acceptors (Lipinski definition) is 4. The maximum Gasteiger partial charge on any atom is 0.411 e. The van der Waals surface area contributed by atoms with Crippen LogP contribution in [0.5, 0.6) is 0 Å². The van der Waals surface area contributed by atoms with E-state index in [1.807, 2.05) is 12.1 Å². The van der Waals surface area contributed by atoms with Crippen LogP contribution in [-0.2, 0) is 11.3 Å². The minimum absolute atomic E-state index is 0.109. The maximum atomic E-state index is 14.4. The second kappa shape index (κ2) is 8.87. The van der Waals surface area contributed by atoms with E-state index in [-0.39, 0.29) is 17.9 Å². The first-order valence-corrected chi connectivity index (χ1v) is 9.97. The van der Waals surface area contributed by atoms with E-state index in [0.29, 0.717) is 17.3 Å². The quantitative estimate of drug-likeness (QED) is 0.474. The van der Waals surface area contributed by atoms with Crippen LogP contribution in [0.4, 0.5) is 26.2 Å². The zero-order valence-electron chi connectivity index (χ0n) is 16.7. The molecule has 4 rings (SSSR count). The van der Waals surface area contributed by atoms with Crippen molar-refractivity contribution in [3.05, 3.63) is 89.2 Å². The van der Waals surface area contributed by atoms with E-state index >= 15 is 0 Å². The summed E-state index contributed by atoms with van der Waals surface area (Å²) in [5.74, 6) is -0.747. The second-order valence-electron chi connectivity index (χ2n) is 7.45. The van der Waals surface area contributed by atoms with E-state index in [2.05, 4.69) is 22.8 Å². The third-order valence-electron chi connectivity index (χ3n) is 5.07. The Bertz CT molecular complexity index is 1110. The number of hydrogen-bond donors (Lipinski definition) is 3. The molecule has 0 aliphatic heterocycles. The van der Waals surface area contributed by atoms with Gasteiger partial charge in [-0.15, -0.1) is 0 Å². The van der Waals surface area contributed by atoms with Crippen molar-refractivity contribution >= 4 is 29.1 Å². The van der Waals surface area contributed by atoms with E-state index in [1.165, 1.54) is 30.5 Å². The van der Waals surface area contributed by atoms with Gasteiger partial charge in [0.1, 0.15) is 12.4 Å². The third kappa shape index (κ3) is 5.19. The molecule has 0 heterocycles. The Hall–Kier alpha value is -3.87. The average molecular weight is 419 g/mol. The van der Waals surface area contributed by atoms with Crippen LogP contribution in [0.3, 0.4) is 0 Å². The standard InChI is InChI=1S/C24H22FN3O3/c25-20-13-18(11-12-19(20)23(29)28-22-4-2-1-3-21(22)26)27-24(30)31-14-15-5-7-16(8-6-15)17-9-10-17/h1-8,11-13,17H,9-10,14,26H2,(H,27,30)(H,28,29). The molecule has 3 aromatic rings. The van der Waals surface area contributed by atoms with Crippen LogP contribution >= 0.6 is 0 Å². The van der Waals surface area contributed by atoms with Gasteiger partial charge in [-0.3, -0.25) is 10.1 Å². The molecule has 31 heavy (non-hydrogen) atoms. The van der Waals surface area contributed by atoms with E-state index in [1.54, 1.807) is 24.3 Å². The van der Waals surface area contributed by atoms with Crippen LogP contribution in [0.15, 0.2) is 66.7 Å². The molecule has 7 heteroatoms. The predicted molar refractivity (Wildman–Crippen MR) is 117 cm³/mol. The number of carbonyl (C=O) groups excluding carboxylic acids is 2. The first kappa shape index (κ1) is 20.4. The molecule has 0 saturated heterocycles. The zero-order valence-corrected chi connectivity index (χ0v) is 16.7. The monoisotopic (exact) mass is 419 g/mol. The first-order valence-electron chi connectivity index (χ1n) is 9.97. The van der Waals surface area contributed by atoms with Crippen molar-refractivity contribution < 1.29 is 18.7 Å². The summed E-state index contributed by atoms with van der Waals surface area (Å²) in [7, 11) is 0. The van der Waals surface area contributed by atoms with Crippen LogP contribution in [0.25, 0.3) is 0 Å². The highest BCUT2D eigenvalue weighted by atomic mass is 19.1. The van der Waals surface area contributed by atoms with Gasteiger partial charge in [-0.05, 0) is 60.2 Å². The highest BCUT2D eigenvalue weighted by Gasteiger charge is 2.23.